The Balaban J connectivity index is 1.74. The maximum Gasteiger partial charge on any atom is 0.311 e. The number of thiol groups is 1. The normalized spacial score (nSPS) is 12.8. The largest absolute Gasteiger partial charge is 0.497 e. The lowest BCUT2D eigenvalue weighted by Gasteiger charge is -2.25. The second kappa shape index (κ2) is 9.75. The average Bonchev–Trinajstić information content (AvgIpc) is 2.70. The van der Waals surface area contributed by atoms with Crippen LogP contribution in [0, 0.1) is 0 Å². The summed E-state index contributed by atoms with van der Waals surface area (Å²) < 4.78 is 5.23. The summed E-state index contributed by atoms with van der Waals surface area (Å²) in [4.78, 5) is 14.3. The van der Waals surface area contributed by atoms with Crippen molar-refractivity contribution in [2.75, 3.05) is 20.7 Å². The van der Waals surface area contributed by atoms with Gasteiger partial charge in [-0.15, -0.1) is 0 Å². The second-order valence-corrected chi connectivity index (χ2v) is 10.1. The van der Waals surface area contributed by atoms with Gasteiger partial charge in [-0.05, 0) is 66.9 Å². The van der Waals surface area contributed by atoms with Gasteiger partial charge in [-0.1, -0.05) is 48.5 Å². The van der Waals surface area contributed by atoms with E-state index in [0.717, 1.165) is 40.7 Å². The van der Waals surface area contributed by atoms with E-state index in [1.807, 2.05) is 48.5 Å². The van der Waals surface area contributed by atoms with Crippen LogP contribution in [-0.2, 0) is 17.8 Å². The van der Waals surface area contributed by atoms with Crippen LogP contribution in [0.4, 0.5) is 0 Å². The third-order valence-electron chi connectivity index (χ3n) is 5.34. The topological polar surface area (TPSA) is 49.8 Å². The molecule has 0 aromatic heterocycles. The van der Waals surface area contributed by atoms with Gasteiger partial charge in [-0.2, -0.15) is 12.6 Å². The van der Waals surface area contributed by atoms with Crippen LogP contribution in [0.3, 0.4) is 0 Å². The Morgan fingerprint density at radius 1 is 1.03 bits per heavy atom. The highest BCUT2D eigenvalue weighted by atomic mass is 32.1. The first-order valence-corrected chi connectivity index (χ1v) is 10.9. The molecule has 0 aliphatic carbocycles. The van der Waals surface area contributed by atoms with Gasteiger partial charge in [0.15, 0.2) is 0 Å². The van der Waals surface area contributed by atoms with Gasteiger partial charge in [0.2, 0.25) is 0 Å². The van der Waals surface area contributed by atoms with Gasteiger partial charge in [0.05, 0.1) is 13.0 Å². The maximum atomic E-state index is 12.1. The Morgan fingerprint density at radius 3 is 2.26 bits per heavy atom. The first kappa shape index (κ1) is 23.2. The van der Waals surface area contributed by atoms with Crippen molar-refractivity contribution in [1.82, 2.24) is 4.90 Å². The number of carboxylic acid groups (broad SMARTS) is 1. The van der Waals surface area contributed by atoms with Gasteiger partial charge in [0, 0.05) is 17.8 Å². The summed E-state index contributed by atoms with van der Waals surface area (Å²) in [6, 6.07) is 19.9. The summed E-state index contributed by atoms with van der Waals surface area (Å²) in [7, 11) is 3.72. The number of benzene rings is 3. The number of hydrogen-bond donors (Lipinski definition) is 2. The predicted octanol–water partition coefficient (Wildman–Crippen LogP) is 5.40. The molecule has 3 rings (SSSR count). The average molecular weight is 438 g/mol. The lowest BCUT2D eigenvalue weighted by atomic mass is 9.90. The van der Waals surface area contributed by atoms with Crippen LogP contribution in [0.1, 0.15) is 36.5 Å². The van der Waals surface area contributed by atoms with Crippen molar-refractivity contribution < 1.29 is 14.6 Å². The van der Waals surface area contributed by atoms with Gasteiger partial charge in [0.25, 0.3) is 0 Å². The molecule has 0 aliphatic heterocycles. The summed E-state index contributed by atoms with van der Waals surface area (Å²) in [6.07, 6.45) is 0.455. The van der Waals surface area contributed by atoms with Gasteiger partial charge >= 0.3 is 5.97 Å². The van der Waals surface area contributed by atoms with Crippen molar-refractivity contribution in [1.29, 1.82) is 0 Å². The molecule has 1 N–H and O–H groups in total. The molecular formula is C26H31NO3S. The summed E-state index contributed by atoms with van der Waals surface area (Å²) in [5.74, 6) is -0.614. The maximum absolute atomic E-state index is 12.1. The minimum absolute atomic E-state index is 0.0472. The molecule has 4 nitrogen and oxygen atoms in total. The molecule has 31 heavy (non-hydrogen) atoms. The summed E-state index contributed by atoms with van der Waals surface area (Å²) in [5.41, 5.74) is 3.03. The van der Waals surface area contributed by atoms with Crippen molar-refractivity contribution in [2.45, 2.75) is 37.5 Å². The molecule has 0 fully saturated rings. The molecule has 0 bridgehead atoms. The van der Waals surface area contributed by atoms with Crippen molar-refractivity contribution in [3.63, 3.8) is 0 Å². The molecule has 3 aromatic rings. The number of methoxy groups -OCH3 is 1. The Morgan fingerprint density at radius 2 is 1.65 bits per heavy atom. The van der Waals surface area contributed by atoms with Crippen molar-refractivity contribution >= 4 is 29.4 Å². The van der Waals surface area contributed by atoms with Gasteiger partial charge in [0.1, 0.15) is 5.75 Å². The molecule has 0 saturated heterocycles. The van der Waals surface area contributed by atoms with E-state index in [0.29, 0.717) is 6.42 Å². The zero-order valence-electron chi connectivity index (χ0n) is 18.6. The monoisotopic (exact) mass is 437 g/mol. The van der Waals surface area contributed by atoms with E-state index in [2.05, 4.69) is 50.6 Å². The molecule has 0 aliphatic rings. The van der Waals surface area contributed by atoms with E-state index in [4.69, 9.17) is 4.74 Å². The fourth-order valence-electron chi connectivity index (χ4n) is 3.98. The minimum atomic E-state index is -0.812. The summed E-state index contributed by atoms with van der Waals surface area (Å²) in [6.45, 7) is 5.92. The van der Waals surface area contributed by atoms with Gasteiger partial charge in [-0.3, -0.25) is 4.79 Å². The van der Waals surface area contributed by atoms with E-state index in [1.54, 1.807) is 7.11 Å². The highest BCUT2D eigenvalue weighted by molar-refractivity contribution is 7.81. The molecule has 0 heterocycles. The number of nitrogens with zero attached hydrogens (tertiary/aromatic N) is 1. The fraction of sp³-hybridized carbons (Fsp3) is 0.346. The highest BCUT2D eigenvalue weighted by Crippen LogP contribution is 2.28. The number of carboxylic acids is 1. The first-order valence-electron chi connectivity index (χ1n) is 10.4. The lowest BCUT2D eigenvalue weighted by Crippen LogP contribution is -2.31. The Kier molecular flexibility index (Phi) is 7.29. The van der Waals surface area contributed by atoms with Gasteiger partial charge in [-0.25, -0.2) is 0 Å². The summed E-state index contributed by atoms with van der Waals surface area (Å²) in [5, 5.41) is 11.9. The van der Waals surface area contributed by atoms with Crippen LogP contribution in [0.15, 0.2) is 60.7 Å². The molecule has 3 aromatic carbocycles. The predicted molar refractivity (Wildman–Crippen MR) is 130 cm³/mol. The van der Waals surface area contributed by atoms with E-state index in [9.17, 15) is 9.90 Å². The summed E-state index contributed by atoms with van der Waals surface area (Å²) >= 11 is 4.60. The smallest absolute Gasteiger partial charge is 0.311 e. The van der Waals surface area contributed by atoms with Crippen LogP contribution in [0.25, 0.3) is 10.8 Å². The van der Waals surface area contributed by atoms with Crippen LogP contribution in [0.5, 0.6) is 5.75 Å². The van der Waals surface area contributed by atoms with Crippen LogP contribution in [0.2, 0.25) is 0 Å². The molecule has 5 heteroatoms. The van der Waals surface area contributed by atoms with Crippen molar-refractivity contribution in [3.05, 3.63) is 77.4 Å². The fourth-order valence-corrected chi connectivity index (χ4v) is 4.22. The Bertz CT molecular complexity index is 1040. The lowest BCUT2D eigenvalue weighted by molar-refractivity contribution is -0.138. The molecule has 0 unspecified atom stereocenters. The third-order valence-corrected chi connectivity index (χ3v) is 5.49. The number of rotatable bonds is 9. The second-order valence-electron chi connectivity index (χ2n) is 8.87. The third kappa shape index (κ3) is 6.49. The quantitative estimate of drug-likeness (QED) is 0.440. The molecular weight excluding hydrogens is 406 g/mol. The number of hydrogen-bond acceptors (Lipinski definition) is 4. The Hall–Kier alpha value is -2.50. The molecule has 0 spiro atoms. The molecule has 0 saturated carbocycles. The van der Waals surface area contributed by atoms with Crippen molar-refractivity contribution in [3.8, 4) is 5.75 Å². The number of fused-ring (bicyclic) bond motifs is 1. The Labute approximate surface area is 190 Å². The highest BCUT2D eigenvalue weighted by Gasteiger charge is 2.21. The molecule has 164 valence electrons. The number of aliphatic carboxylic acids is 1. The SMILES string of the molecule is COc1ccc2cc([C@H](Cc3ccc(CN(C)CC(C)(C)S)cc3)C(=O)O)ccc2c1. The van der Waals surface area contributed by atoms with E-state index >= 15 is 0 Å². The zero-order valence-corrected chi connectivity index (χ0v) is 19.5. The number of carbonyl (C=O) groups is 1. The van der Waals surface area contributed by atoms with E-state index in [1.165, 1.54) is 5.56 Å². The van der Waals surface area contributed by atoms with E-state index in [-0.39, 0.29) is 4.75 Å². The number of ether oxygens (including phenoxy) is 1. The van der Waals surface area contributed by atoms with Gasteiger partial charge < -0.3 is 14.7 Å². The van der Waals surface area contributed by atoms with E-state index < -0.39 is 11.9 Å². The van der Waals surface area contributed by atoms with Crippen LogP contribution >= 0.6 is 12.6 Å². The first-order chi connectivity index (χ1) is 14.6. The molecule has 0 radical (unpaired) electrons. The molecule has 0 amide bonds. The zero-order chi connectivity index (χ0) is 22.6. The minimum Gasteiger partial charge on any atom is -0.497 e. The van der Waals surface area contributed by atoms with Crippen molar-refractivity contribution in [2.24, 2.45) is 0 Å². The molecule has 1 atom stereocenters. The van der Waals surface area contributed by atoms with Crippen LogP contribution < -0.4 is 4.74 Å². The standard InChI is InChI=1S/C26H31NO3S/c1-26(2,31)17-27(3)16-19-7-5-18(6-8-19)13-24(25(28)29)22-10-9-21-15-23(30-4)12-11-20(21)14-22/h5-12,14-15,24,31H,13,16-17H2,1-4H3,(H,28,29)/t24-/m0/s1. The van der Waals surface area contributed by atoms with Crippen LogP contribution in [-0.4, -0.2) is 41.4 Å².